The van der Waals surface area contributed by atoms with Crippen molar-refractivity contribution in [2.24, 2.45) is 0 Å². The highest BCUT2D eigenvalue weighted by Crippen LogP contribution is 2.28. The van der Waals surface area contributed by atoms with Gasteiger partial charge in [-0.25, -0.2) is 14.4 Å². The van der Waals surface area contributed by atoms with E-state index in [2.05, 4.69) is 19.7 Å². The largest absolute Gasteiger partial charge is 0.497 e. The number of hydrogen-bond acceptors (Lipinski definition) is 5. The lowest BCUT2D eigenvalue weighted by atomic mass is 10.2. The monoisotopic (exact) mass is 431 g/mol. The molecule has 0 saturated carbocycles. The van der Waals surface area contributed by atoms with E-state index in [-0.39, 0.29) is 5.82 Å². The average Bonchev–Trinajstić information content (AvgIpc) is 3.42. The number of benzene rings is 3. The summed E-state index contributed by atoms with van der Waals surface area (Å²) in [7, 11) is 1.65. The number of thioether (sulfide) groups is 1. The number of aromatic nitrogens is 5. The molecule has 2 heterocycles. The Hall–Kier alpha value is -3.65. The van der Waals surface area contributed by atoms with Crippen LogP contribution in [0.2, 0.25) is 0 Å². The molecule has 6 nitrogen and oxygen atoms in total. The third kappa shape index (κ3) is 3.77. The fourth-order valence-corrected chi connectivity index (χ4v) is 4.12. The Morgan fingerprint density at radius 3 is 2.55 bits per heavy atom. The number of para-hydroxylation sites is 2. The molecule has 0 spiro atoms. The summed E-state index contributed by atoms with van der Waals surface area (Å²) in [6.07, 6.45) is 0. The van der Waals surface area contributed by atoms with Crippen molar-refractivity contribution in [2.75, 3.05) is 7.11 Å². The molecule has 0 aliphatic rings. The summed E-state index contributed by atoms with van der Waals surface area (Å²) in [5, 5.41) is 7.59. The molecule has 0 bridgehead atoms. The van der Waals surface area contributed by atoms with Crippen molar-refractivity contribution in [3.8, 4) is 22.8 Å². The molecule has 31 heavy (non-hydrogen) atoms. The van der Waals surface area contributed by atoms with Gasteiger partial charge in [-0.3, -0.25) is 9.67 Å². The summed E-state index contributed by atoms with van der Waals surface area (Å²) in [5.74, 6) is 2.29. The van der Waals surface area contributed by atoms with Crippen molar-refractivity contribution >= 4 is 22.8 Å². The molecule has 0 atom stereocenters. The van der Waals surface area contributed by atoms with Crippen LogP contribution in [0.4, 0.5) is 4.39 Å². The quantitative estimate of drug-likeness (QED) is 0.372. The molecule has 5 rings (SSSR count). The molecule has 0 amide bonds. The number of methoxy groups -OCH3 is 1. The molecule has 0 radical (unpaired) electrons. The van der Waals surface area contributed by atoms with Crippen molar-refractivity contribution in [3.63, 3.8) is 0 Å². The van der Waals surface area contributed by atoms with Crippen LogP contribution >= 0.6 is 11.8 Å². The first-order valence-electron chi connectivity index (χ1n) is 9.64. The number of aromatic amines is 1. The van der Waals surface area contributed by atoms with Crippen LogP contribution in [-0.4, -0.2) is 31.8 Å². The predicted octanol–water partition coefficient (Wildman–Crippen LogP) is 5.25. The predicted molar refractivity (Wildman–Crippen MR) is 119 cm³/mol. The smallest absolute Gasteiger partial charge is 0.209 e. The fraction of sp³-hybridized carbons (Fsp3) is 0.0870. The Kier molecular flexibility index (Phi) is 5.13. The summed E-state index contributed by atoms with van der Waals surface area (Å²) < 4.78 is 21.4. The van der Waals surface area contributed by atoms with Gasteiger partial charge in [-0.15, -0.1) is 5.10 Å². The van der Waals surface area contributed by atoms with Crippen LogP contribution in [0.5, 0.6) is 5.75 Å². The number of nitrogens with zero attached hydrogens (tertiary/aromatic N) is 4. The molecule has 5 aromatic rings. The number of halogens is 1. The van der Waals surface area contributed by atoms with E-state index in [4.69, 9.17) is 9.72 Å². The first kappa shape index (κ1) is 19.3. The summed E-state index contributed by atoms with van der Waals surface area (Å²) in [6, 6.07) is 22.4. The maximum Gasteiger partial charge on any atom is 0.209 e. The molecular formula is C23H18FN5OS. The second-order valence-corrected chi connectivity index (χ2v) is 7.73. The summed E-state index contributed by atoms with van der Waals surface area (Å²) in [4.78, 5) is 9.25. The Morgan fingerprint density at radius 1 is 0.968 bits per heavy atom. The lowest BCUT2D eigenvalue weighted by Gasteiger charge is -2.09. The van der Waals surface area contributed by atoms with Crippen LogP contribution in [0.3, 0.4) is 0 Å². The van der Waals surface area contributed by atoms with Gasteiger partial charge in [-0.1, -0.05) is 36.0 Å². The molecule has 0 fully saturated rings. The molecule has 0 aliphatic heterocycles. The number of hydrogen-bond donors (Lipinski definition) is 1. The lowest BCUT2D eigenvalue weighted by Crippen LogP contribution is -2.00. The summed E-state index contributed by atoms with van der Waals surface area (Å²) in [5.41, 5.74) is 3.32. The van der Waals surface area contributed by atoms with Gasteiger partial charge in [0.2, 0.25) is 5.16 Å². The van der Waals surface area contributed by atoms with Gasteiger partial charge in [-0.05, 0) is 48.5 Å². The zero-order valence-electron chi connectivity index (χ0n) is 16.6. The SMILES string of the molecule is COc1ccc(-n2c(CSc3n[nH]c(-c4ccccc4F)n3)nc3ccccc32)cc1. The highest BCUT2D eigenvalue weighted by atomic mass is 32.2. The Bertz CT molecular complexity index is 1350. The summed E-state index contributed by atoms with van der Waals surface area (Å²) >= 11 is 1.44. The third-order valence-corrected chi connectivity index (χ3v) is 5.73. The second-order valence-electron chi connectivity index (χ2n) is 6.79. The molecule has 0 aliphatic carbocycles. The fourth-order valence-electron chi connectivity index (χ4n) is 3.41. The molecule has 8 heteroatoms. The van der Waals surface area contributed by atoms with E-state index in [1.165, 1.54) is 17.8 Å². The number of imidazole rings is 1. The Morgan fingerprint density at radius 2 is 1.74 bits per heavy atom. The third-order valence-electron chi connectivity index (χ3n) is 4.89. The minimum atomic E-state index is -0.337. The van der Waals surface area contributed by atoms with E-state index >= 15 is 0 Å². The van der Waals surface area contributed by atoms with Crippen LogP contribution < -0.4 is 4.74 Å². The first-order chi connectivity index (χ1) is 15.2. The maximum atomic E-state index is 14.0. The molecule has 1 N–H and O–H groups in total. The minimum Gasteiger partial charge on any atom is -0.497 e. The van der Waals surface area contributed by atoms with E-state index in [1.807, 2.05) is 48.5 Å². The van der Waals surface area contributed by atoms with Gasteiger partial charge in [0.05, 0.1) is 29.5 Å². The zero-order valence-corrected chi connectivity index (χ0v) is 17.4. The van der Waals surface area contributed by atoms with Gasteiger partial charge < -0.3 is 4.74 Å². The summed E-state index contributed by atoms with van der Waals surface area (Å²) in [6.45, 7) is 0. The maximum absolute atomic E-state index is 14.0. The highest BCUT2D eigenvalue weighted by Gasteiger charge is 2.15. The zero-order chi connectivity index (χ0) is 21.2. The van der Waals surface area contributed by atoms with Crippen LogP contribution in [-0.2, 0) is 5.75 Å². The van der Waals surface area contributed by atoms with Crippen LogP contribution in [0, 0.1) is 5.82 Å². The van der Waals surface area contributed by atoms with E-state index in [0.717, 1.165) is 28.3 Å². The number of rotatable bonds is 6. The van der Waals surface area contributed by atoms with E-state index in [0.29, 0.717) is 22.3 Å². The molecule has 0 unspecified atom stereocenters. The minimum absolute atomic E-state index is 0.337. The van der Waals surface area contributed by atoms with Gasteiger partial charge in [0.1, 0.15) is 17.4 Å². The molecule has 3 aromatic carbocycles. The Labute approximate surface area is 182 Å². The average molecular weight is 431 g/mol. The van der Waals surface area contributed by atoms with Crippen molar-refractivity contribution in [3.05, 3.63) is 84.4 Å². The topological polar surface area (TPSA) is 68.6 Å². The van der Waals surface area contributed by atoms with Crippen molar-refractivity contribution in [1.82, 2.24) is 24.7 Å². The van der Waals surface area contributed by atoms with Crippen molar-refractivity contribution in [1.29, 1.82) is 0 Å². The van der Waals surface area contributed by atoms with Gasteiger partial charge in [0.25, 0.3) is 0 Å². The number of nitrogens with one attached hydrogen (secondary N) is 1. The second kappa shape index (κ2) is 8.23. The number of fused-ring (bicyclic) bond motifs is 1. The molecular weight excluding hydrogens is 413 g/mol. The standard InChI is InChI=1S/C23H18FN5OS/c1-30-16-12-10-15(11-13-16)29-20-9-5-4-8-19(20)25-21(29)14-31-23-26-22(27-28-23)17-6-2-3-7-18(17)24/h2-13H,14H2,1H3,(H,26,27,28). The van der Waals surface area contributed by atoms with E-state index in [1.54, 1.807) is 25.3 Å². The van der Waals surface area contributed by atoms with Crippen molar-refractivity contribution in [2.45, 2.75) is 10.9 Å². The van der Waals surface area contributed by atoms with Gasteiger partial charge in [0, 0.05) is 5.69 Å². The lowest BCUT2D eigenvalue weighted by molar-refractivity contribution is 0.414. The van der Waals surface area contributed by atoms with Gasteiger partial charge >= 0.3 is 0 Å². The number of ether oxygens (including phenoxy) is 1. The van der Waals surface area contributed by atoms with Crippen LogP contribution in [0.25, 0.3) is 28.1 Å². The number of H-pyrrole nitrogens is 1. The highest BCUT2D eigenvalue weighted by molar-refractivity contribution is 7.98. The van der Waals surface area contributed by atoms with Crippen LogP contribution in [0.1, 0.15) is 5.82 Å². The first-order valence-corrected chi connectivity index (χ1v) is 10.6. The van der Waals surface area contributed by atoms with Gasteiger partial charge in [0.15, 0.2) is 5.82 Å². The molecule has 154 valence electrons. The van der Waals surface area contributed by atoms with E-state index in [9.17, 15) is 4.39 Å². The van der Waals surface area contributed by atoms with Gasteiger partial charge in [-0.2, -0.15) is 0 Å². The van der Waals surface area contributed by atoms with Crippen LogP contribution in [0.15, 0.2) is 78.0 Å². The molecule has 2 aromatic heterocycles. The Balaban J connectivity index is 1.45. The van der Waals surface area contributed by atoms with E-state index < -0.39 is 0 Å². The van der Waals surface area contributed by atoms with Crippen molar-refractivity contribution < 1.29 is 9.13 Å². The normalized spacial score (nSPS) is 11.2. The molecule has 0 saturated heterocycles.